The monoisotopic (exact) mass is 315 g/mol. The molecule has 2 atom stereocenters. The largest absolute Gasteiger partial charge is 0.461 e. The summed E-state index contributed by atoms with van der Waals surface area (Å²) in [6.45, 7) is 5.71. The van der Waals surface area contributed by atoms with Crippen molar-refractivity contribution in [2.24, 2.45) is 11.0 Å². The second kappa shape index (κ2) is 5.49. The van der Waals surface area contributed by atoms with Gasteiger partial charge in [0.15, 0.2) is 5.71 Å². The Labute approximate surface area is 133 Å². The zero-order valence-corrected chi connectivity index (χ0v) is 13.1. The first kappa shape index (κ1) is 15.2. The highest BCUT2D eigenvalue weighted by atomic mass is 16.5. The number of hydrogen-bond acceptors (Lipinski definition) is 6. The summed E-state index contributed by atoms with van der Waals surface area (Å²) in [7, 11) is 0. The standard InChI is InChI=1S/C16H17N3O4/c1-4-23-16(22)13-11-12(17-18-13)15(21)19(14(11)20)10-6-5-8(2)9(3)7-10/h5-7,11-12,17H,4H2,1-3H3. The second-order valence-electron chi connectivity index (χ2n) is 5.58. The number of benzene rings is 1. The molecule has 1 aromatic rings. The van der Waals surface area contributed by atoms with Crippen LogP contribution in [0.25, 0.3) is 0 Å². The molecule has 2 heterocycles. The lowest BCUT2D eigenvalue weighted by Crippen LogP contribution is -2.36. The Balaban J connectivity index is 1.93. The van der Waals surface area contributed by atoms with Gasteiger partial charge in [-0.3, -0.25) is 15.0 Å². The number of amides is 2. The van der Waals surface area contributed by atoms with Crippen molar-refractivity contribution in [2.75, 3.05) is 11.5 Å². The quantitative estimate of drug-likeness (QED) is 0.655. The minimum atomic E-state index is -0.928. The first-order valence-corrected chi connectivity index (χ1v) is 7.41. The van der Waals surface area contributed by atoms with Gasteiger partial charge in [-0.2, -0.15) is 5.10 Å². The maximum atomic E-state index is 12.7. The van der Waals surface area contributed by atoms with Crippen LogP contribution in [0.5, 0.6) is 0 Å². The molecule has 0 aromatic heterocycles. The van der Waals surface area contributed by atoms with Gasteiger partial charge < -0.3 is 4.74 Å². The van der Waals surface area contributed by atoms with Gasteiger partial charge in [0.2, 0.25) is 5.91 Å². The third kappa shape index (κ3) is 2.28. The van der Waals surface area contributed by atoms with E-state index in [2.05, 4.69) is 10.5 Å². The molecule has 23 heavy (non-hydrogen) atoms. The molecule has 0 radical (unpaired) electrons. The third-order valence-electron chi connectivity index (χ3n) is 4.16. The molecule has 7 heteroatoms. The van der Waals surface area contributed by atoms with Crippen LogP contribution in [-0.2, 0) is 19.1 Å². The summed E-state index contributed by atoms with van der Waals surface area (Å²) < 4.78 is 4.90. The topological polar surface area (TPSA) is 88.1 Å². The van der Waals surface area contributed by atoms with Crippen LogP contribution in [0.2, 0.25) is 0 Å². The van der Waals surface area contributed by atoms with Crippen LogP contribution >= 0.6 is 0 Å². The number of imide groups is 1. The summed E-state index contributed by atoms with van der Waals surface area (Å²) in [5.74, 6) is -2.47. The van der Waals surface area contributed by atoms with E-state index in [-0.39, 0.29) is 12.3 Å². The number of nitrogens with one attached hydrogen (secondary N) is 1. The molecule has 1 fully saturated rings. The molecular formula is C16H17N3O4. The lowest BCUT2D eigenvalue weighted by molar-refractivity contribution is -0.136. The van der Waals surface area contributed by atoms with E-state index < -0.39 is 29.7 Å². The number of ether oxygens (including phenoxy) is 1. The number of esters is 1. The fraction of sp³-hybridized carbons (Fsp3) is 0.375. The summed E-state index contributed by atoms with van der Waals surface area (Å²) in [6.07, 6.45) is 0. The second-order valence-corrected chi connectivity index (χ2v) is 5.58. The minimum Gasteiger partial charge on any atom is -0.461 e. The van der Waals surface area contributed by atoms with Crippen LogP contribution in [0.3, 0.4) is 0 Å². The predicted molar refractivity (Wildman–Crippen MR) is 82.9 cm³/mol. The number of anilines is 1. The molecule has 0 saturated carbocycles. The molecule has 120 valence electrons. The lowest BCUT2D eigenvalue weighted by atomic mass is 9.99. The van der Waals surface area contributed by atoms with Gasteiger partial charge in [-0.05, 0) is 44.0 Å². The molecule has 0 bridgehead atoms. The van der Waals surface area contributed by atoms with E-state index in [1.807, 2.05) is 19.9 Å². The summed E-state index contributed by atoms with van der Waals surface area (Å²) in [4.78, 5) is 38.2. The molecule has 2 aliphatic rings. The highest BCUT2D eigenvalue weighted by Crippen LogP contribution is 2.31. The molecule has 1 aromatic carbocycles. The molecular weight excluding hydrogens is 298 g/mol. The first-order valence-electron chi connectivity index (χ1n) is 7.41. The molecule has 2 unspecified atom stereocenters. The highest BCUT2D eigenvalue weighted by molar-refractivity contribution is 6.46. The normalized spacial score (nSPS) is 22.7. The smallest absolute Gasteiger partial charge is 0.355 e. The Morgan fingerprint density at radius 2 is 2.00 bits per heavy atom. The van der Waals surface area contributed by atoms with Crippen LogP contribution in [0, 0.1) is 19.8 Å². The number of hydrazone groups is 1. The predicted octanol–water partition coefficient (Wildman–Crippen LogP) is 0.684. The van der Waals surface area contributed by atoms with Crippen molar-refractivity contribution in [1.29, 1.82) is 0 Å². The lowest BCUT2D eigenvalue weighted by Gasteiger charge is -2.17. The van der Waals surface area contributed by atoms with E-state index in [0.29, 0.717) is 5.69 Å². The van der Waals surface area contributed by atoms with Gasteiger partial charge >= 0.3 is 5.97 Å². The fourth-order valence-electron chi connectivity index (χ4n) is 2.78. The molecule has 2 amide bonds. The van der Waals surface area contributed by atoms with Crippen LogP contribution < -0.4 is 10.3 Å². The maximum absolute atomic E-state index is 12.7. The molecule has 0 spiro atoms. The Hall–Kier alpha value is -2.70. The van der Waals surface area contributed by atoms with E-state index in [1.54, 1.807) is 19.1 Å². The van der Waals surface area contributed by atoms with Gasteiger partial charge in [-0.25, -0.2) is 9.69 Å². The van der Waals surface area contributed by atoms with Gasteiger partial charge in [-0.15, -0.1) is 0 Å². The first-order chi connectivity index (χ1) is 11.0. The fourth-order valence-corrected chi connectivity index (χ4v) is 2.78. The van der Waals surface area contributed by atoms with Crippen molar-refractivity contribution < 1.29 is 19.1 Å². The molecule has 2 aliphatic heterocycles. The Kier molecular flexibility index (Phi) is 3.63. The molecule has 0 aliphatic carbocycles. The van der Waals surface area contributed by atoms with Crippen LogP contribution in [0.15, 0.2) is 23.3 Å². The summed E-state index contributed by atoms with van der Waals surface area (Å²) in [6, 6.07) is 4.52. The third-order valence-corrected chi connectivity index (χ3v) is 4.16. The van der Waals surface area contributed by atoms with Crippen LogP contribution in [0.4, 0.5) is 5.69 Å². The van der Waals surface area contributed by atoms with Crippen molar-refractivity contribution in [3.63, 3.8) is 0 Å². The van der Waals surface area contributed by atoms with Crippen molar-refractivity contribution in [3.8, 4) is 0 Å². The van der Waals surface area contributed by atoms with Gasteiger partial charge in [0.25, 0.3) is 5.91 Å². The number of rotatable bonds is 3. The zero-order valence-electron chi connectivity index (χ0n) is 13.1. The van der Waals surface area contributed by atoms with Crippen molar-refractivity contribution in [3.05, 3.63) is 29.3 Å². The maximum Gasteiger partial charge on any atom is 0.355 e. The molecule has 1 N–H and O–H groups in total. The Morgan fingerprint density at radius 3 is 2.65 bits per heavy atom. The van der Waals surface area contributed by atoms with E-state index >= 15 is 0 Å². The highest BCUT2D eigenvalue weighted by Gasteiger charge is 2.55. The van der Waals surface area contributed by atoms with E-state index in [4.69, 9.17) is 4.74 Å². The molecule has 7 nitrogen and oxygen atoms in total. The Morgan fingerprint density at radius 1 is 1.26 bits per heavy atom. The number of carbonyl (C=O) groups excluding carboxylic acids is 3. The van der Waals surface area contributed by atoms with Gasteiger partial charge in [0, 0.05) is 0 Å². The minimum absolute atomic E-state index is 0.0402. The summed E-state index contributed by atoms with van der Waals surface area (Å²) >= 11 is 0. The SMILES string of the molecule is CCOC(=O)C1=NNC2C(=O)N(c3ccc(C)c(C)c3)C(=O)C12. The number of carbonyl (C=O) groups is 3. The number of fused-ring (bicyclic) bond motifs is 1. The van der Waals surface area contributed by atoms with Crippen LogP contribution in [0.1, 0.15) is 18.1 Å². The van der Waals surface area contributed by atoms with E-state index in [1.165, 1.54) is 0 Å². The van der Waals surface area contributed by atoms with Crippen molar-refractivity contribution in [1.82, 2.24) is 5.43 Å². The molecule has 3 rings (SSSR count). The average molecular weight is 315 g/mol. The van der Waals surface area contributed by atoms with E-state index in [9.17, 15) is 14.4 Å². The van der Waals surface area contributed by atoms with Crippen molar-refractivity contribution in [2.45, 2.75) is 26.8 Å². The molecule has 1 saturated heterocycles. The number of hydrogen-bond donors (Lipinski definition) is 1. The number of nitrogens with zero attached hydrogens (tertiary/aromatic N) is 2. The zero-order chi connectivity index (χ0) is 16.7. The van der Waals surface area contributed by atoms with Gasteiger partial charge in [0.1, 0.15) is 12.0 Å². The summed E-state index contributed by atoms with van der Waals surface area (Å²) in [5, 5.41) is 3.82. The van der Waals surface area contributed by atoms with Gasteiger partial charge in [0.05, 0.1) is 12.3 Å². The number of aryl methyl sites for hydroxylation is 2. The average Bonchev–Trinajstić information content (AvgIpc) is 3.04. The van der Waals surface area contributed by atoms with E-state index in [0.717, 1.165) is 16.0 Å². The van der Waals surface area contributed by atoms with Crippen molar-refractivity contribution >= 4 is 29.2 Å². The van der Waals surface area contributed by atoms with Crippen LogP contribution in [-0.4, -0.2) is 36.1 Å². The van der Waals surface area contributed by atoms with Gasteiger partial charge in [-0.1, -0.05) is 6.07 Å². The summed E-state index contributed by atoms with van der Waals surface area (Å²) in [5.41, 5.74) is 5.10. The Bertz CT molecular complexity index is 741.